The molecular weight excluding hydrogens is 546 g/mol. The predicted octanol–water partition coefficient (Wildman–Crippen LogP) is 5.98. The first-order valence-corrected chi connectivity index (χ1v) is 16.3. The van der Waals surface area contributed by atoms with E-state index in [1.165, 1.54) is 4.31 Å². The molecule has 0 spiro atoms. The van der Waals surface area contributed by atoms with Gasteiger partial charge in [-0.2, -0.15) is 0 Å². The second-order valence-electron chi connectivity index (χ2n) is 11.5. The molecule has 0 saturated heterocycles. The maximum absolute atomic E-state index is 14.3. The van der Waals surface area contributed by atoms with Crippen molar-refractivity contribution in [3.05, 3.63) is 94.5 Å². The van der Waals surface area contributed by atoms with Gasteiger partial charge in [0.15, 0.2) is 0 Å². The van der Waals surface area contributed by atoms with Gasteiger partial charge in [-0.25, -0.2) is 8.42 Å². The molecule has 8 heteroatoms. The van der Waals surface area contributed by atoms with Crippen LogP contribution in [-0.4, -0.2) is 43.8 Å². The fourth-order valence-electron chi connectivity index (χ4n) is 5.42. The molecule has 1 saturated carbocycles. The standard InChI is InChI=1S/C34H43N3O4S/c1-6-32(34(39)35-29-9-7-8-10-29)36(22-28-16-11-24(2)12-17-28)33(38)23-37(30-18-15-26(4)27(5)21-30)42(40,41)31-19-13-25(3)14-20-31/h11-21,29,32H,6-10,22-23H2,1-5H3,(H,35,39). The molecule has 42 heavy (non-hydrogen) atoms. The predicted molar refractivity (Wildman–Crippen MR) is 168 cm³/mol. The number of rotatable bonds is 11. The van der Waals surface area contributed by atoms with Crippen molar-refractivity contribution in [2.45, 2.75) is 90.2 Å². The normalized spacial score (nSPS) is 14.4. The molecule has 1 atom stereocenters. The number of carbonyl (C=O) groups excluding carboxylic acids is 2. The summed E-state index contributed by atoms with van der Waals surface area (Å²) in [6.45, 7) is 9.42. The molecule has 3 aromatic carbocycles. The molecule has 1 unspecified atom stereocenters. The molecule has 3 aromatic rings. The third kappa shape index (κ3) is 7.40. The van der Waals surface area contributed by atoms with Crippen LogP contribution in [0.5, 0.6) is 0 Å². The van der Waals surface area contributed by atoms with Gasteiger partial charge in [-0.05, 0) is 87.9 Å². The highest BCUT2D eigenvalue weighted by molar-refractivity contribution is 7.92. The van der Waals surface area contributed by atoms with Crippen molar-refractivity contribution in [1.82, 2.24) is 10.2 Å². The van der Waals surface area contributed by atoms with Crippen molar-refractivity contribution in [3.63, 3.8) is 0 Å². The Morgan fingerprint density at radius 3 is 2.02 bits per heavy atom. The van der Waals surface area contributed by atoms with Gasteiger partial charge < -0.3 is 10.2 Å². The zero-order valence-corrected chi connectivity index (χ0v) is 26.2. The second-order valence-corrected chi connectivity index (χ2v) is 13.4. The molecule has 2 amide bonds. The number of carbonyl (C=O) groups is 2. The van der Waals surface area contributed by atoms with Gasteiger partial charge in [-0.1, -0.05) is 73.4 Å². The quantitative estimate of drug-likeness (QED) is 0.298. The van der Waals surface area contributed by atoms with Crippen LogP contribution < -0.4 is 9.62 Å². The number of anilines is 1. The van der Waals surface area contributed by atoms with Gasteiger partial charge in [0.05, 0.1) is 10.6 Å². The molecule has 1 aliphatic carbocycles. The van der Waals surface area contributed by atoms with Crippen LogP contribution in [0.2, 0.25) is 0 Å². The fourth-order valence-corrected chi connectivity index (χ4v) is 6.83. The third-order valence-corrected chi connectivity index (χ3v) is 10.0. The largest absolute Gasteiger partial charge is 0.352 e. The van der Waals surface area contributed by atoms with E-state index >= 15 is 0 Å². The molecule has 0 bridgehead atoms. The zero-order valence-electron chi connectivity index (χ0n) is 25.4. The lowest BCUT2D eigenvalue weighted by Crippen LogP contribution is -2.53. The Hall–Kier alpha value is -3.65. The van der Waals surface area contributed by atoms with Crippen molar-refractivity contribution >= 4 is 27.5 Å². The lowest BCUT2D eigenvalue weighted by atomic mass is 10.1. The maximum atomic E-state index is 14.3. The van der Waals surface area contributed by atoms with Crippen molar-refractivity contribution < 1.29 is 18.0 Å². The molecule has 7 nitrogen and oxygen atoms in total. The average Bonchev–Trinajstić information content (AvgIpc) is 3.47. The molecule has 1 N–H and O–H groups in total. The SMILES string of the molecule is CCC(C(=O)NC1CCCC1)N(Cc1ccc(C)cc1)C(=O)CN(c1ccc(C)c(C)c1)S(=O)(=O)c1ccc(C)cc1. The Kier molecular flexibility index (Phi) is 10.1. The van der Waals surface area contributed by atoms with E-state index in [0.717, 1.165) is 53.5 Å². The van der Waals surface area contributed by atoms with Crippen LogP contribution in [-0.2, 0) is 26.2 Å². The number of aryl methyl sites for hydroxylation is 4. The summed E-state index contributed by atoms with van der Waals surface area (Å²) in [5, 5.41) is 3.16. The van der Waals surface area contributed by atoms with E-state index < -0.39 is 28.5 Å². The molecular formula is C34H43N3O4S. The first kappa shape index (κ1) is 31.3. The number of amides is 2. The monoisotopic (exact) mass is 589 g/mol. The molecule has 1 fully saturated rings. The van der Waals surface area contributed by atoms with Gasteiger partial charge in [0.25, 0.3) is 10.0 Å². The zero-order chi connectivity index (χ0) is 30.4. The van der Waals surface area contributed by atoms with E-state index in [0.29, 0.717) is 12.1 Å². The number of hydrogen-bond donors (Lipinski definition) is 1. The van der Waals surface area contributed by atoms with Crippen LogP contribution in [0.15, 0.2) is 71.6 Å². The number of hydrogen-bond acceptors (Lipinski definition) is 4. The highest BCUT2D eigenvalue weighted by Crippen LogP contribution is 2.27. The summed E-state index contributed by atoms with van der Waals surface area (Å²) in [5.41, 5.74) is 5.25. The number of nitrogens with zero attached hydrogens (tertiary/aromatic N) is 2. The van der Waals surface area contributed by atoms with E-state index in [2.05, 4.69) is 5.32 Å². The van der Waals surface area contributed by atoms with E-state index in [1.54, 1.807) is 41.3 Å². The first-order chi connectivity index (χ1) is 20.0. The van der Waals surface area contributed by atoms with Gasteiger partial charge in [0, 0.05) is 12.6 Å². The molecule has 4 rings (SSSR count). The average molecular weight is 590 g/mol. The Bertz CT molecular complexity index is 1490. The van der Waals surface area contributed by atoms with E-state index in [-0.39, 0.29) is 23.4 Å². The number of sulfonamides is 1. The van der Waals surface area contributed by atoms with Crippen molar-refractivity contribution in [2.24, 2.45) is 0 Å². The minimum Gasteiger partial charge on any atom is -0.352 e. The van der Waals surface area contributed by atoms with E-state index in [4.69, 9.17) is 0 Å². The lowest BCUT2D eigenvalue weighted by molar-refractivity contribution is -0.140. The van der Waals surface area contributed by atoms with Crippen molar-refractivity contribution in [3.8, 4) is 0 Å². The van der Waals surface area contributed by atoms with Crippen LogP contribution in [0.3, 0.4) is 0 Å². The van der Waals surface area contributed by atoms with Gasteiger partial charge in [-0.15, -0.1) is 0 Å². The minimum absolute atomic E-state index is 0.107. The summed E-state index contributed by atoms with van der Waals surface area (Å²) in [4.78, 5) is 29.5. The van der Waals surface area contributed by atoms with Gasteiger partial charge in [0.1, 0.15) is 12.6 Å². The third-order valence-electron chi connectivity index (χ3n) is 8.23. The lowest BCUT2D eigenvalue weighted by Gasteiger charge is -2.34. The Labute approximate surface area is 251 Å². The van der Waals surface area contributed by atoms with Crippen LogP contribution in [0.1, 0.15) is 66.8 Å². The maximum Gasteiger partial charge on any atom is 0.264 e. The van der Waals surface area contributed by atoms with Crippen molar-refractivity contribution in [2.75, 3.05) is 10.8 Å². The smallest absolute Gasteiger partial charge is 0.264 e. The molecule has 1 aliphatic rings. The van der Waals surface area contributed by atoms with Gasteiger partial charge in [0.2, 0.25) is 11.8 Å². The highest BCUT2D eigenvalue weighted by atomic mass is 32.2. The molecule has 0 aromatic heterocycles. The summed E-state index contributed by atoms with van der Waals surface area (Å²) < 4.78 is 29.3. The van der Waals surface area contributed by atoms with E-state index in [9.17, 15) is 18.0 Å². The summed E-state index contributed by atoms with van der Waals surface area (Å²) >= 11 is 0. The Balaban J connectivity index is 1.73. The van der Waals surface area contributed by atoms with Crippen LogP contribution in [0, 0.1) is 27.7 Å². The molecule has 0 aliphatic heterocycles. The minimum atomic E-state index is -4.09. The molecule has 0 radical (unpaired) electrons. The van der Waals surface area contributed by atoms with E-state index in [1.807, 2.05) is 65.0 Å². The number of nitrogens with one attached hydrogen (secondary N) is 1. The van der Waals surface area contributed by atoms with Gasteiger partial charge >= 0.3 is 0 Å². The summed E-state index contributed by atoms with van der Waals surface area (Å²) in [5.74, 6) is -0.623. The Morgan fingerprint density at radius 2 is 1.45 bits per heavy atom. The number of benzene rings is 3. The Morgan fingerprint density at radius 1 is 0.857 bits per heavy atom. The fraction of sp³-hybridized carbons (Fsp3) is 0.412. The summed E-state index contributed by atoms with van der Waals surface area (Å²) in [6.07, 6.45) is 4.43. The summed E-state index contributed by atoms with van der Waals surface area (Å²) in [6, 6.07) is 19.2. The second kappa shape index (κ2) is 13.6. The topological polar surface area (TPSA) is 86.8 Å². The highest BCUT2D eigenvalue weighted by Gasteiger charge is 2.34. The molecule has 224 valence electrons. The van der Waals surface area contributed by atoms with Crippen molar-refractivity contribution in [1.29, 1.82) is 0 Å². The van der Waals surface area contributed by atoms with Gasteiger partial charge in [-0.3, -0.25) is 13.9 Å². The van der Waals surface area contributed by atoms with Crippen LogP contribution in [0.25, 0.3) is 0 Å². The van der Waals surface area contributed by atoms with Crippen LogP contribution >= 0.6 is 0 Å². The molecule has 0 heterocycles. The first-order valence-electron chi connectivity index (χ1n) is 14.8. The van der Waals surface area contributed by atoms with Crippen LogP contribution in [0.4, 0.5) is 5.69 Å². The summed E-state index contributed by atoms with van der Waals surface area (Å²) in [7, 11) is -4.09.